The van der Waals surface area contributed by atoms with E-state index in [9.17, 15) is 4.79 Å². The first-order valence-electron chi connectivity index (χ1n) is 3.48. The van der Waals surface area contributed by atoms with Gasteiger partial charge in [0.2, 0.25) is 5.69 Å². The Hall–Kier alpha value is -1.59. The number of nitrogens with two attached hydrogens (primary N) is 1. The van der Waals surface area contributed by atoms with Crippen molar-refractivity contribution in [3.63, 3.8) is 0 Å². The second-order valence-electron chi connectivity index (χ2n) is 2.65. The molecule has 0 saturated carbocycles. The van der Waals surface area contributed by atoms with Gasteiger partial charge < -0.3 is 10.8 Å². The van der Waals surface area contributed by atoms with E-state index in [1.165, 1.54) is 4.80 Å². The molecule has 1 aromatic heterocycles. The van der Waals surface area contributed by atoms with E-state index in [4.69, 9.17) is 10.8 Å². The van der Waals surface area contributed by atoms with E-state index in [1.807, 2.05) is 13.8 Å². The lowest BCUT2D eigenvalue weighted by Gasteiger charge is -1.99. The van der Waals surface area contributed by atoms with Gasteiger partial charge in [0.15, 0.2) is 5.82 Å². The van der Waals surface area contributed by atoms with Crippen LogP contribution in [0.5, 0.6) is 0 Å². The van der Waals surface area contributed by atoms with E-state index < -0.39 is 5.97 Å². The van der Waals surface area contributed by atoms with Gasteiger partial charge in [0.25, 0.3) is 0 Å². The number of carboxylic acids is 1. The average molecular weight is 170 g/mol. The van der Waals surface area contributed by atoms with E-state index in [1.54, 1.807) is 0 Å². The van der Waals surface area contributed by atoms with Crippen molar-refractivity contribution in [2.45, 2.75) is 19.9 Å². The predicted octanol–water partition coefficient (Wildman–Crippen LogP) is 0.139. The number of nitrogen functional groups attached to an aromatic ring is 1. The van der Waals surface area contributed by atoms with Gasteiger partial charge in [-0.05, 0) is 13.8 Å². The third-order valence-corrected chi connectivity index (χ3v) is 1.32. The molecule has 0 aliphatic carbocycles. The minimum absolute atomic E-state index is 0.0143. The van der Waals surface area contributed by atoms with Crippen molar-refractivity contribution in [3.05, 3.63) is 5.69 Å². The molecule has 66 valence electrons. The first-order chi connectivity index (χ1) is 5.52. The fraction of sp³-hybridized carbons (Fsp3) is 0.500. The van der Waals surface area contributed by atoms with Crippen molar-refractivity contribution in [2.24, 2.45) is 0 Å². The van der Waals surface area contributed by atoms with Crippen LogP contribution in [0.4, 0.5) is 5.82 Å². The maximum absolute atomic E-state index is 10.5. The maximum Gasteiger partial charge on any atom is 0.360 e. The number of rotatable bonds is 2. The van der Waals surface area contributed by atoms with E-state index in [0.717, 1.165) is 0 Å². The molecule has 1 rings (SSSR count). The summed E-state index contributed by atoms with van der Waals surface area (Å²) >= 11 is 0. The summed E-state index contributed by atoms with van der Waals surface area (Å²) in [6.45, 7) is 3.68. The SMILES string of the molecule is CC(C)n1nc(N)c(C(=O)O)n1. The van der Waals surface area contributed by atoms with Crippen LogP contribution in [0.15, 0.2) is 0 Å². The van der Waals surface area contributed by atoms with Crippen molar-refractivity contribution in [2.75, 3.05) is 5.73 Å². The predicted molar refractivity (Wildman–Crippen MR) is 41.8 cm³/mol. The van der Waals surface area contributed by atoms with Crippen LogP contribution in [-0.2, 0) is 0 Å². The summed E-state index contributed by atoms with van der Waals surface area (Å²) in [7, 11) is 0. The summed E-state index contributed by atoms with van der Waals surface area (Å²) in [4.78, 5) is 11.7. The molecule has 3 N–H and O–H groups in total. The Morgan fingerprint density at radius 2 is 2.17 bits per heavy atom. The number of aromatic carboxylic acids is 1. The van der Waals surface area contributed by atoms with Crippen molar-refractivity contribution in [3.8, 4) is 0 Å². The molecule has 0 aliphatic heterocycles. The minimum Gasteiger partial charge on any atom is -0.476 e. The molecule has 0 amide bonds. The van der Waals surface area contributed by atoms with Crippen LogP contribution in [0.1, 0.15) is 30.4 Å². The van der Waals surface area contributed by atoms with Gasteiger partial charge in [0, 0.05) is 0 Å². The zero-order valence-corrected chi connectivity index (χ0v) is 6.85. The van der Waals surface area contributed by atoms with Crippen LogP contribution in [0.2, 0.25) is 0 Å². The number of hydrogen-bond donors (Lipinski definition) is 2. The summed E-state index contributed by atoms with van der Waals surface area (Å²) in [6.07, 6.45) is 0. The number of nitrogens with zero attached hydrogens (tertiary/aromatic N) is 3. The highest BCUT2D eigenvalue weighted by Gasteiger charge is 2.15. The molecule has 0 unspecified atom stereocenters. The Bertz CT molecular complexity index is 304. The molecule has 6 nitrogen and oxygen atoms in total. The lowest BCUT2D eigenvalue weighted by Crippen LogP contribution is -2.06. The normalized spacial score (nSPS) is 10.6. The molecule has 1 heterocycles. The monoisotopic (exact) mass is 170 g/mol. The molecule has 0 aliphatic rings. The van der Waals surface area contributed by atoms with Gasteiger partial charge in [-0.15, -0.1) is 10.2 Å². The number of aromatic nitrogens is 3. The molecular formula is C6H10N4O2. The summed E-state index contributed by atoms with van der Waals surface area (Å²) < 4.78 is 0. The van der Waals surface area contributed by atoms with Gasteiger partial charge in [-0.3, -0.25) is 0 Å². The second kappa shape index (κ2) is 2.80. The average Bonchev–Trinajstić information content (AvgIpc) is 2.30. The number of anilines is 1. The maximum atomic E-state index is 10.5. The van der Waals surface area contributed by atoms with E-state index in [0.29, 0.717) is 0 Å². The molecule has 0 fully saturated rings. The van der Waals surface area contributed by atoms with Gasteiger partial charge in [0.1, 0.15) is 0 Å². The summed E-state index contributed by atoms with van der Waals surface area (Å²) in [5, 5.41) is 16.0. The molecule has 0 radical (unpaired) electrons. The molecule has 0 spiro atoms. The van der Waals surface area contributed by atoms with Crippen molar-refractivity contribution >= 4 is 11.8 Å². The first kappa shape index (κ1) is 8.51. The lowest BCUT2D eigenvalue weighted by atomic mass is 10.4. The topological polar surface area (TPSA) is 94.0 Å². The van der Waals surface area contributed by atoms with Crippen molar-refractivity contribution in [1.29, 1.82) is 0 Å². The largest absolute Gasteiger partial charge is 0.476 e. The summed E-state index contributed by atoms with van der Waals surface area (Å²) in [5.41, 5.74) is 5.11. The van der Waals surface area contributed by atoms with E-state index >= 15 is 0 Å². The van der Waals surface area contributed by atoms with Crippen molar-refractivity contribution < 1.29 is 9.90 Å². The Balaban J connectivity index is 3.09. The third-order valence-electron chi connectivity index (χ3n) is 1.32. The van der Waals surface area contributed by atoms with Crippen molar-refractivity contribution in [1.82, 2.24) is 15.0 Å². The molecule has 1 aromatic rings. The van der Waals surface area contributed by atoms with Crippen LogP contribution in [0, 0.1) is 0 Å². The molecule has 12 heavy (non-hydrogen) atoms. The zero-order chi connectivity index (χ0) is 9.30. The Kier molecular flexibility index (Phi) is 1.99. The highest BCUT2D eigenvalue weighted by atomic mass is 16.4. The van der Waals surface area contributed by atoms with E-state index in [2.05, 4.69) is 10.2 Å². The van der Waals surface area contributed by atoms with Crippen LogP contribution in [-0.4, -0.2) is 26.1 Å². The minimum atomic E-state index is -1.15. The van der Waals surface area contributed by atoms with Crippen LogP contribution < -0.4 is 5.73 Å². The summed E-state index contributed by atoms with van der Waals surface area (Å²) in [5.74, 6) is -1.20. The third kappa shape index (κ3) is 1.36. The molecule has 0 saturated heterocycles. The van der Waals surface area contributed by atoms with Gasteiger partial charge >= 0.3 is 5.97 Å². The quantitative estimate of drug-likeness (QED) is 0.658. The van der Waals surface area contributed by atoms with Gasteiger partial charge in [-0.25, -0.2) is 4.79 Å². The number of carbonyl (C=O) groups is 1. The molecule has 0 atom stereocenters. The fourth-order valence-electron chi connectivity index (χ4n) is 0.717. The lowest BCUT2D eigenvalue weighted by molar-refractivity contribution is 0.0690. The highest BCUT2D eigenvalue weighted by Crippen LogP contribution is 2.07. The smallest absolute Gasteiger partial charge is 0.360 e. The van der Waals surface area contributed by atoms with E-state index in [-0.39, 0.29) is 17.6 Å². The first-order valence-corrected chi connectivity index (χ1v) is 3.48. The standard InChI is InChI=1S/C6H10N4O2/c1-3(2)10-8-4(6(11)12)5(7)9-10/h3H,1-2H3,(H2,7,9)(H,11,12). The highest BCUT2D eigenvalue weighted by molar-refractivity contribution is 5.89. The number of hydrogen-bond acceptors (Lipinski definition) is 4. The van der Waals surface area contributed by atoms with Gasteiger partial charge in [-0.2, -0.15) is 4.80 Å². The second-order valence-corrected chi connectivity index (χ2v) is 2.65. The zero-order valence-electron chi connectivity index (χ0n) is 6.85. The summed E-state index contributed by atoms with van der Waals surface area (Å²) in [6, 6.07) is 0.0143. The molecule has 0 aromatic carbocycles. The molecule has 6 heteroatoms. The van der Waals surface area contributed by atoms with Crippen LogP contribution in [0.3, 0.4) is 0 Å². The van der Waals surface area contributed by atoms with Crippen LogP contribution in [0.25, 0.3) is 0 Å². The Labute approximate surface area is 69.0 Å². The Morgan fingerprint density at radius 3 is 2.42 bits per heavy atom. The Morgan fingerprint density at radius 1 is 1.58 bits per heavy atom. The van der Waals surface area contributed by atoms with Gasteiger partial charge in [-0.1, -0.05) is 0 Å². The van der Waals surface area contributed by atoms with Crippen LogP contribution >= 0.6 is 0 Å². The number of carboxylic acid groups (broad SMARTS) is 1. The molecule has 0 bridgehead atoms. The molecular weight excluding hydrogens is 160 g/mol. The van der Waals surface area contributed by atoms with Gasteiger partial charge in [0.05, 0.1) is 6.04 Å². The fourth-order valence-corrected chi connectivity index (χ4v) is 0.717.